The zero-order valence-corrected chi connectivity index (χ0v) is 19.4. The second kappa shape index (κ2) is 8.54. The van der Waals surface area contributed by atoms with Crippen molar-refractivity contribution in [2.75, 3.05) is 12.3 Å². The topological polar surface area (TPSA) is 78.3 Å². The predicted molar refractivity (Wildman–Crippen MR) is 126 cm³/mol. The second-order valence-corrected chi connectivity index (χ2v) is 8.25. The smallest absolute Gasteiger partial charge is 0.158 e. The summed E-state index contributed by atoms with van der Waals surface area (Å²) < 4.78 is 8.00. The molecule has 0 radical (unpaired) electrons. The van der Waals surface area contributed by atoms with Crippen molar-refractivity contribution in [1.82, 2.24) is 19.4 Å². The molecular weight excluding hydrogens is 457 g/mol. The summed E-state index contributed by atoms with van der Waals surface area (Å²) in [5.74, 6) is 1.53. The highest BCUT2D eigenvalue weighted by molar-refractivity contribution is 6.33. The van der Waals surface area contributed by atoms with E-state index in [1.54, 1.807) is 24.7 Å². The first-order valence-corrected chi connectivity index (χ1v) is 10.8. The molecule has 9 heteroatoms. The summed E-state index contributed by atoms with van der Waals surface area (Å²) in [6, 6.07) is 5.56. The summed E-state index contributed by atoms with van der Waals surface area (Å²) in [6.45, 7) is 6.40. The minimum atomic E-state index is -0.208. The number of nitrogens with two attached hydrogens (primary N) is 1. The van der Waals surface area contributed by atoms with Crippen molar-refractivity contribution < 1.29 is 4.74 Å². The molecule has 3 heterocycles. The van der Waals surface area contributed by atoms with Crippen molar-refractivity contribution in [3.8, 4) is 16.9 Å². The highest BCUT2D eigenvalue weighted by atomic mass is 35.5. The molecule has 0 aliphatic rings. The van der Waals surface area contributed by atoms with Crippen LogP contribution in [-0.4, -0.2) is 26.0 Å². The average molecular weight is 477 g/mol. The number of fused-ring (bicyclic) bond motifs is 1. The van der Waals surface area contributed by atoms with Gasteiger partial charge in [0.2, 0.25) is 0 Å². The third-order valence-electron chi connectivity index (χ3n) is 5.23. The lowest BCUT2D eigenvalue weighted by Crippen LogP contribution is -2.08. The van der Waals surface area contributed by atoms with Crippen LogP contribution in [0.2, 0.25) is 15.3 Å². The van der Waals surface area contributed by atoms with Crippen LogP contribution in [0.4, 0.5) is 5.82 Å². The van der Waals surface area contributed by atoms with Crippen molar-refractivity contribution in [3.63, 3.8) is 0 Å². The van der Waals surface area contributed by atoms with E-state index in [2.05, 4.69) is 15.0 Å². The second-order valence-electron chi connectivity index (χ2n) is 7.09. The summed E-state index contributed by atoms with van der Waals surface area (Å²) in [5, 5.41) is 1.33. The Morgan fingerprint density at radius 2 is 1.97 bits per heavy atom. The summed E-state index contributed by atoms with van der Waals surface area (Å²) in [4.78, 5) is 12.9. The van der Waals surface area contributed by atoms with Crippen LogP contribution < -0.4 is 10.5 Å². The largest absolute Gasteiger partial charge is 0.493 e. The Morgan fingerprint density at radius 3 is 2.65 bits per heavy atom. The molecule has 0 aliphatic carbocycles. The molecule has 4 rings (SSSR count). The van der Waals surface area contributed by atoms with Crippen LogP contribution in [0.15, 0.2) is 36.8 Å². The molecule has 0 saturated heterocycles. The Balaban J connectivity index is 1.97. The quantitative estimate of drug-likeness (QED) is 0.347. The first kappa shape index (κ1) is 21.7. The van der Waals surface area contributed by atoms with Crippen LogP contribution in [0, 0.1) is 6.92 Å². The Bertz CT molecular complexity index is 1270. The third kappa shape index (κ3) is 3.80. The number of ether oxygens (including phenoxy) is 1. The van der Waals surface area contributed by atoms with Gasteiger partial charge in [0.1, 0.15) is 22.2 Å². The minimum absolute atomic E-state index is 0.208. The Labute approximate surface area is 195 Å². The normalized spacial score (nSPS) is 12.3. The standard InChI is InChI=1S/C22H20Cl3N5O/c1-4-31-19-14(9-15(23)12(3)17(19)13-5-6-16(24)28-10-13)11(2)22-29-20(25)18-21(26)27-7-8-30(18)22/h5-11H,4H2,1-3H3,(H2,26,27)/t11-/m1/s1. The first-order chi connectivity index (χ1) is 14.8. The maximum Gasteiger partial charge on any atom is 0.158 e. The van der Waals surface area contributed by atoms with E-state index in [1.807, 2.05) is 37.3 Å². The van der Waals surface area contributed by atoms with Crippen molar-refractivity contribution in [3.05, 3.63) is 69.1 Å². The van der Waals surface area contributed by atoms with E-state index in [9.17, 15) is 0 Å². The van der Waals surface area contributed by atoms with Gasteiger partial charge < -0.3 is 10.5 Å². The van der Waals surface area contributed by atoms with Gasteiger partial charge in [-0.05, 0) is 37.6 Å². The molecule has 0 saturated carbocycles. The fourth-order valence-corrected chi connectivity index (χ4v) is 4.32. The monoisotopic (exact) mass is 475 g/mol. The van der Waals surface area contributed by atoms with E-state index in [-0.39, 0.29) is 5.92 Å². The van der Waals surface area contributed by atoms with Crippen molar-refractivity contribution >= 4 is 46.1 Å². The Morgan fingerprint density at radius 1 is 1.19 bits per heavy atom. The van der Waals surface area contributed by atoms with Crippen LogP contribution in [0.25, 0.3) is 16.6 Å². The number of rotatable bonds is 5. The van der Waals surface area contributed by atoms with Crippen LogP contribution in [0.3, 0.4) is 0 Å². The zero-order chi connectivity index (χ0) is 22.3. The third-order valence-corrected chi connectivity index (χ3v) is 6.11. The lowest BCUT2D eigenvalue weighted by molar-refractivity contribution is 0.336. The fraction of sp³-hybridized carbons (Fsp3) is 0.227. The average Bonchev–Trinajstić information content (AvgIpc) is 3.09. The number of imidazole rings is 1. The number of aromatic nitrogens is 4. The summed E-state index contributed by atoms with van der Waals surface area (Å²) in [6.07, 6.45) is 5.12. The van der Waals surface area contributed by atoms with Crippen LogP contribution in [0.1, 0.15) is 36.7 Å². The van der Waals surface area contributed by atoms with Gasteiger partial charge in [-0.3, -0.25) is 4.40 Å². The van der Waals surface area contributed by atoms with Crippen LogP contribution >= 0.6 is 34.8 Å². The maximum absolute atomic E-state index is 6.67. The molecule has 0 bridgehead atoms. The van der Waals surface area contributed by atoms with Gasteiger partial charge >= 0.3 is 0 Å². The highest BCUT2D eigenvalue weighted by Gasteiger charge is 2.26. The molecule has 1 aromatic carbocycles. The molecule has 31 heavy (non-hydrogen) atoms. The number of anilines is 1. The van der Waals surface area contributed by atoms with E-state index in [0.29, 0.717) is 39.1 Å². The van der Waals surface area contributed by atoms with E-state index in [1.165, 1.54) is 0 Å². The van der Waals surface area contributed by atoms with E-state index in [4.69, 9.17) is 45.3 Å². The molecule has 1 atom stereocenters. The van der Waals surface area contributed by atoms with Gasteiger partial charge in [-0.25, -0.2) is 15.0 Å². The van der Waals surface area contributed by atoms with Gasteiger partial charge in [0.25, 0.3) is 0 Å². The lowest BCUT2D eigenvalue weighted by Gasteiger charge is -2.22. The van der Waals surface area contributed by atoms with Crippen molar-refractivity contribution in [1.29, 1.82) is 0 Å². The molecule has 160 valence electrons. The highest BCUT2D eigenvalue weighted by Crippen LogP contribution is 2.44. The molecule has 0 unspecified atom stereocenters. The number of halogens is 3. The van der Waals surface area contributed by atoms with Gasteiger partial charge in [0.15, 0.2) is 11.0 Å². The summed E-state index contributed by atoms with van der Waals surface area (Å²) in [7, 11) is 0. The van der Waals surface area contributed by atoms with Gasteiger partial charge in [-0.15, -0.1) is 0 Å². The molecule has 2 N–H and O–H groups in total. The summed E-state index contributed by atoms with van der Waals surface area (Å²) >= 11 is 19.0. The molecule has 3 aromatic heterocycles. The van der Waals surface area contributed by atoms with Crippen LogP contribution in [0.5, 0.6) is 5.75 Å². The number of hydrogen-bond donors (Lipinski definition) is 1. The fourth-order valence-electron chi connectivity index (χ4n) is 3.72. The van der Waals surface area contributed by atoms with E-state index in [0.717, 1.165) is 28.0 Å². The Hall–Kier alpha value is -2.54. The number of hydrogen-bond acceptors (Lipinski definition) is 5. The number of benzene rings is 1. The van der Waals surface area contributed by atoms with Gasteiger partial charge in [-0.2, -0.15) is 0 Å². The molecule has 0 amide bonds. The molecule has 4 aromatic rings. The van der Waals surface area contributed by atoms with Gasteiger partial charge in [0, 0.05) is 46.2 Å². The molecule has 6 nitrogen and oxygen atoms in total. The van der Waals surface area contributed by atoms with Crippen LogP contribution in [-0.2, 0) is 0 Å². The number of nitrogens with zero attached hydrogens (tertiary/aromatic N) is 4. The van der Waals surface area contributed by atoms with E-state index >= 15 is 0 Å². The Kier molecular flexibility index (Phi) is 5.97. The van der Waals surface area contributed by atoms with E-state index < -0.39 is 0 Å². The number of nitrogen functional groups attached to an aromatic ring is 1. The molecule has 0 aliphatic heterocycles. The maximum atomic E-state index is 6.67. The zero-order valence-electron chi connectivity index (χ0n) is 17.2. The lowest BCUT2D eigenvalue weighted by atomic mass is 9.91. The number of pyridine rings is 1. The van der Waals surface area contributed by atoms with Gasteiger partial charge in [0.05, 0.1) is 6.61 Å². The van der Waals surface area contributed by atoms with Gasteiger partial charge in [-0.1, -0.05) is 41.7 Å². The molecular formula is C22H20Cl3N5O. The molecule has 0 fully saturated rings. The van der Waals surface area contributed by atoms with Crippen molar-refractivity contribution in [2.45, 2.75) is 26.7 Å². The predicted octanol–water partition coefficient (Wildman–Crippen LogP) is 6.19. The molecule has 0 spiro atoms. The summed E-state index contributed by atoms with van der Waals surface area (Å²) in [5.41, 5.74) is 10.1. The SMILES string of the molecule is CCOc1c([C@@H](C)c2nc(Cl)c3c(N)nccn23)cc(Cl)c(C)c1-c1ccc(Cl)nc1. The minimum Gasteiger partial charge on any atom is -0.493 e. The first-order valence-electron chi connectivity index (χ1n) is 9.69. The van der Waals surface area contributed by atoms with Crippen molar-refractivity contribution in [2.24, 2.45) is 0 Å².